The molecule has 120 valence electrons. The minimum absolute atomic E-state index is 0.204. The number of benzene rings is 2. The molecule has 1 amide bonds. The molecule has 0 fully saturated rings. The molecule has 2 rings (SSSR count). The number of carbonyl (C=O) groups is 1. The normalized spacial score (nSPS) is 9.83. The highest BCUT2D eigenvalue weighted by molar-refractivity contribution is 5.78. The smallest absolute Gasteiger partial charge is 0.276 e. The lowest BCUT2D eigenvalue weighted by Crippen LogP contribution is -2.38. The molecule has 0 radical (unpaired) electrons. The van der Waals surface area contributed by atoms with Gasteiger partial charge >= 0.3 is 0 Å². The summed E-state index contributed by atoms with van der Waals surface area (Å²) in [4.78, 5) is 11.7. The summed E-state index contributed by atoms with van der Waals surface area (Å²) in [7, 11) is 1.57. The van der Waals surface area contributed by atoms with Crippen LogP contribution in [0.5, 0.6) is 11.5 Å². The number of hydrazine groups is 1. The van der Waals surface area contributed by atoms with Gasteiger partial charge in [0.05, 0.1) is 12.8 Å². The molecule has 0 spiro atoms. The number of rotatable bonds is 7. The summed E-state index contributed by atoms with van der Waals surface area (Å²) in [5.74, 6) is 0.348. The molecule has 0 aliphatic heterocycles. The van der Waals surface area contributed by atoms with Gasteiger partial charge in [-0.15, -0.1) is 0 Å². The van der Waals surface area contributed by atoms with Crippen molar-refractivity contribution >= 4 is 11.6 Å². The number of hydrogen-bond donors (Lipinski definition) is 2. The second-order valence-corrected chi connectivity index (χ2v) is 4.63. The largest absolute Gasteiger partial charge is 0.497 e. The summed E-state index contributed by atoms with van der Waals surface area (Å²) in [6, 6.07) is 12.7. The first kappa shape index (κ1) is 16.4. The van der Waals surface area contributed by atoms with E-state index in [0.717, 1.165) is 5.56 Å². The van der Waals surface area contributed by atoms with Crippen molar-refractivity contribution in [1.82, 2.24) is 10.9 Å². The number of hydrogen-bond acceptors (Lipinski definition) is 4. The van der Waals surface area contributed by atoms with Crippen LogP contribution < -0.4 is 20.3 Å². The van der Waals surface area contributed by atoms with Crippen molar-refractivity contribution in [3.8, 4) is 11.5 Å². The third kappa shape index (κ3) is 5.03. The zero-order valence-electron chi connectivity index (χ0n) is 12.6. The molecule has 0 bridgehead atoms. The van der Waals surface area contributed by atoms with Gasteiger partial charge in [0.25, 0.3) is 5.91 Å². The standard InChI is InChI=1S/C17H17FN2O3/c1-12(13-4-3-5-16(10-13)22-2)19-20-17(21)11-23-15-8-6-14(18)7-9-15/h3-10,19H,1,11H2,2H3,(H,20,21). The Bertz CT molecular complexity index is 686. The molecule has 23 heavy (non-hydrogen) atoms. The van der Waals surface area contributed by atoms with Crippen molar-refractivity contribution in [3.05, 3.63) is 66.5 Å². The van der Waals surface area contributed by atoms with E-state index >= 15 is 0 Å². The van der Waals surface area contributed by atoms with E-state index in [-0.39, 0.29) is 12.4 Å². The monoisotopic (exact) mass is 316 g/mol. The second-order valence-electron chi connectivity index (χ2n) is 4.63. The molecule has 0 saturated carbocycles. The zero-order valence-corrected chi connectivity index (χ0v) is 12.6. The Balaban J connectivity index is 1.79. The van der Waals surface area contributed by atoms with Gasteiger partial charge in [0.2, 0.25) is 0 Å². The lowest BCUT2D eigenvalue weighted by atomic mass is 10.2. The Morgan fingerprint density at radius 3 is 2.57 bits per heavy atom. The van der Waals surface area contributed by atoms with Gasteiger partial charge in [-0.2, -0.15) is 0 Å². The van der Waals surface area contributed by atoms with E-state index in [4.69, 9.17) is 9.47 Å². The maximum atomic E-state index is 12.7. The molecule has 0 heterocycles. The van der Waals surface area contributed by atoms with Crippen LogP contribution in [-0.2, 0) is 4.79 Å². The predicted molar refractivity (Wildman–Crippen MR) is 85.2 cm³/mol. The van der Waals surface area contributed by atoms with Gasteiger partial charge in [-0.05, 0) is 36.4 Å². The minimum Gasteiger partial charge on any atom is -0.497 e. The van der Waals surface area contributed by atoms with Gasteiger partial charge in [0.15, 0.2) is 6.61 Å². The number of amides is 1. The SMILES string of the molecule is C=C(NNC(=O)COc1ccc(F)cc1)c1cccc(OC)c1. The van der Waals surface area contributed by atoms with Crippen LogP contribution in [0, 0.1) is 5.82 Å². The Labute approximate surface area is 133 Å². The molecule has 5 nitrogen and oxygen atoms in total. The van der Waals surface area contributed by atoms with Crippen LogP contribution in [-0.4, -0.2) is 19.6 Å². The third-order valence-electron chi connectivity index (χ3n) is 2.95. The fraction of sp³-hybridized carbons (Fsp3) is 0.118. The van der Waals surface area contributed by atoms with E-state index in [9.17, 15) is 9.18 Å². The highest BCUT2D eigenvalue weighted by Crippen LogP contribution is 2.16. The summed E-state index contributed by atoms with van der Waals surface area (Å²) < 4.78 is 23.1. The first-order valence-electron chi connectivity index (χ1n) is 6.85. The van der Waals surface area contributed by atoms with Crippen molar-refractivity contribution in [3.63, 3.8) is 0 Å². The van der Waals surface area contributed by atoms with Crippen molar-refractivity contribution in [2.45, 2.75) is 0 Å². The fourth-order valence-corrected chi connectivity index (χ4v) is 1.74. The van der Waals surface area contributed by atoms with E-state index in [1.807, 2.05) is 18.2 Å². The first-order chi connectivity index (χ1) is 11.1. The van der Waals surface area contributed by atoms with Crippen LogP contribution in [0.25, 0.3) is 5.70 Å². The average molecular weight is 316 g/mol. The van der Waals surface area contributed by atoms with Gasteiger partial charge in [0, 0.05) is 5.56 Å². The molecule has 0 aromatic heterocycles. The summed E-state index contributed by atoms with van der Waals surface area (Å²) in [6.07, 6.45) is 0. The maximum Gasteiger partial charge on any atom is 0.276 e. The predicted octanol–water partition coefficient (Wildman–Crippen LogP) is 2.50. The quantitative estimate of drug-likeness (QED) is 0.771. The highest BCUT2D eigenvalue weighted by Gasteiger charge is 2.05. The van der Waals surface area contributed by atoms with Crippen LogP contribution in [0.1, 0.15) is 5.56 Å². The van der Waals surface area contributed by atoms with Crippen molar-refractivity contribution in [2.75, 3.05) is 13.7 Å². The number of ether oxygens (including phenoxy) is 2. The van der Waals surface area contributed by atoms with Gasteiger partial charge in [0.1, 0.15) is 17.3 Å². The first-order valence-corrected chi connectivity index (χ1v) is 6.85. The van der Waals surface area contributed by atoms with E-state index in [1.165, 1.54) is 24.3 Å². The molecule has 2 aromatic carbocycles. The molecular weight excluding hydrogens is 299 g/mol. The van der Waals surface area contributed by atoms with Crippen LogP contribution >= 0.6 is 0 Å². The minimum atomic E-state index is -0.390. The Kier molecular flexibility index (Phi) is 5.57. The fourth-order valence-electron chi connectivity index (χ4n) is 1.74. The van der Waals surface area contributed by atoms with Crippen LogP contribution in [0.3, 0.4) is 0 Å². The number of methoxy groups -OCH3 is 1. The Morgan fingerprint density at radius 1 is 1.13 bits per heavy atom. The summed E-state index contributed by atoms with van der Waals surface area (Å²) in [5, 5.41) is 0. The molecular formula is C17H17FN2O3. The van der Waals surface area contributed by atoms with Crippen molar-refractivity contribution in [2.24, 2.45) is 0 Å². The van der Waals surface area contributed by atoms with Crippen LogP contribution in [0.15, 0.2) is 55.1 Å². The topological polar surface area (TPSA) is 59.6 Å². The average Bonchev–Trinajstić information content (AvgIpc) is 2.59. The third-order valence-corrected chi connectivity index (χ3v) is 2.95. The molecule has 2 N–H and O–H groups in total. The molecule has 0 saturated heterocycles. The van der Waals surface area contributed by atoms with Crippen molar-refractivity contribution < 1.29 is 18.7 Å². The zero-order chi connectivity index (χ0) is 16.7. The molecule has 0 unspecified atom stereocenters. The number of nitrogens with one attached hydrogen (secondary N) is 2. The Hall–Kier alpha value is -3.02. The van der Waals surface area contributed by atoms with Gasteiger partial charge in [-0.3, -0.25) is 15.6 Å². The van der Waals surface area contributed by atoms with Gasteiger partial charge < -0.3 is 9.47 Å². The van der Waals surface area contributed by atoms with E-state index in [0.29, 0.717) is 17.2 Å². The molecule has 0 atom stereocenters. The summed E-state index contributed by atoms with van der Waals surface area (Å²) in [5.41, 5.74) is 6.47. The van der Waals surface area contributed by atoms with E-state index in [2.05, 4.69) is 17.4 Å². The van der Waals surface area contributed by atoms with E-state index in [1.54, 1.807) is 13.2 Å². The second kappa shape index (κ2) is 7.84. The summed E-state index contributed by atoms with van der Waals surface area (Å²) in [6.45, 7) is 3.63. The lowest BCUT2D eigenvalue weighted by Gasteiger charge is -2.12. The molecule has 0 aliphatic rings. The van der Waals surface area contributed by atoms with Crippen molar-refractivity contribution in [1.29, 1.82) is 0 Å². The maximum absolute atomic E-state index is 12.7. The van der Waals surface area contributed by atoms with E-state index < -0.39 is 5.91 Å². The van der Waals surface area contributed by atoms with Gasteiger partial charge in [-0.25, -0.2) is 4.39 Å². The molecule has 6 heteroatoms. The summed E-state index contributed by atoms with van der Waals surface area (Å²) >= 11 is 0. The molecule has 2 aromatic rings. The molecule has 0 aliphatic carbocycles. The lowest BCUT2D eigenvalue weighted by molar-refractivity contribution is -0.123. The Morgan fingerprint density at radius 2 is 1.87 bits per heavy atom. The highest BCUT2D eigenvalue weighted by atomic mass is 19.1. The van der Waals surface area contributed by atoms with Gasteiger partial charge in [-0.1, -0.05) is 18.7 Å². The van der Waals surface area contributed by atoms with Crippen LogP contribution in [0.4, 0.5) is 4.39 Å². The number of halogens is 1. The van der Waals surface area contributed by atoms with Crippen LogP contribution in [0.2, 0.25) is 0 Å². The number of carbonyl (C=O) groups excluding carboxylic acids is 1.